The molecular formula is C20H23N5O2. The Morgan fingerprint density at radius 3 is 3.04 bits per heavy atom. The molecule has 0 aliphatic carbocycles. The van der Waals surface area contributed by atoms with Crippen molar-refractivity contribution in [3.63, 3.8) is 0 Å². The predicted octanol–water partition coefficient (Wildman–Crippen LogP) is 1.59. The first-order valence-corrected chi connectivity index (χ1v) is 9.55. The first-order valence-electron chi connectivity index (χ1n) is 9.55. The minimum absolute atomic E-state index is 0.0568. The van der Waals surface area contributed by atoms with Crippen LogP contribution in [0, 0.1) is 18.8 Å². The summed E-state index contributed by atoms with van der Waals surface area (Å²) >= 11 is 0. The van der Waals surface area contributed by atoms with E-state index in [9.17, 15) is 4.79 Å². The summed E-state index contributed by atoms with van der Waals surface area (Å²) in [6, 6.07) is 3.69. The minimum atomic E-state index is -0.108. The molecule has 5 rings (SSSR count). The quantitative estimate of drug-likeness (QED) is 0.886. The Hall–Kier alpha value is -2.54. The lowest BCUT2D eigenvalue weighted by atomic mass is 9.73. The van der Waals surface area contributed by atoms with Gasteiger partial charge in [0.2, 0.25) is 5.95 Å². The van der Waals surface area contributed by atoms with E-state index in [2.05, 4.69) is 25.2 Å². The van der Waals surface area contributed by atoms with E-state index >= 15 is 0 Å². The molecule has 2 aromatic rings. The van der Waals surface area contributed by atoms with Gasteiger partial charge in [-0.25, -0.2) is 9.97 Å². The number of carbonyl (C=O) groups excluding carboxylic acids is 1. The highest BCUT2D eigenvalue weighted by Crippen LogP contribution is 2.54. The third-order valence-corrected chi connectivity index (χ3v) is 6.40. The average molecular weight is 365 g/mol. The fourth-order valence-corrected chi connectivity index (χ4v) is 5.08. The first kappa shape index (κ1) is 16.6. The van der Waals surface area contributed by atoms with Crippen molar-refractivity contribution in [2.45, 2.75) is 31.5 Å². The summed E-state index contributed by atoms with van der Waals surface area (Å²) in [6.07, 6.45) is 9.28. The summed E-state index contributed by atoms with van der Waals surface area (Å²) < 4.78 is 6.45. The Morgan fingerprint density at radius 1 is 1.37 bits per heavy atom. The van der Waals surface area contributed by atoms with E-state index in [1.54, 1.807) is 24.8 Å². The topological polar surface area (TPSA) is 80.2 Å². The molecule has 0 radical (unpaired) electrons. The lowest BCUT2D eigenvalue weighted by molar-refractivity contribution is 0.0141. The number of aromatic nitrogens is 3. The van der Waals surface area contributed by atoms with Crippen LogP contribution < -0.4 is 10.2 Å². The van der Waals surface area contributed by atoms with Gasteiger partial charge in [0, 0.05) is 49.7 Å². The average Bonchev–Trinajstić information content (AvgIpc) is 3.36. The van der Waals surface area contributed by atoms with Gasteiger partial charge in [0.25, 0.3) is 5.91 Å². The van der Waals surface area contributed by atoms with E-state index in [4.69, 9.17) is 4.74 Å². The fourth-order valence-electron chi connectivity index (χ4n) is 5.08. The van der Waals surface area contributed by atoms with Gasteiger partial charge in [0.1, 0.15) is 0 Å². The second-order valence-corrected chi connectivity index (χ2v) is 7.86. The van der Waals surface area contributed by atoms with Crippen molar-refractivity contribution < 1.29 is 9.53 Å². The van der Waals surface area contributed by atoms with Crippen molar-refractivity contribution in [3.05, 3.63) is 48.0 Å². The zero-order chi connectivity index (χ0) is 18.4. The van der Waals surface area contributed by atoms with Gasteiger partial charge in [-0.05, 0) is 37.5 Å². The molecule has 3 aliphatic rings. The van der Waals surface area contributed by atoms with Crippen molar-refractivity contribution in [2.24, 2.45) is 11.8 Å². The first-order chi connectivity index (χ1) is 13.2. The summed E-state index contributed by atoms with van der Waals surface area (Å²) in [6.45, 7) is 4.28. The monoisotopic (exact) mass is 365 g/mol. The molecule has 0 aromatic carbocycles. The molecule has 1 amide bonds. The fraction of sp³-hybridized carbons (Fsp3) is 0.500. The third kappa shape index (κ3) is 2.68. The number of aryl methyl sites for hydroxylation is 1. The molecule has 7 heteroatoms. The van der Waals surface area contributed by atoms with Gasteiger partial charge in [-0.1, -0.05) is 0 Å². The van der Waals surface area contributed by atoms with E-state index in [0.717, 1.165) is 37.4 Å². The smallest absolute Gasteiger partial charge is 0.253 e. The lowest BCUT2D eigenvalue weighted by Gasteiger charge is -2.29. The number of fused-ring (bicyclic) bond motifs is 1. The number of carbonyl (C=O) groups is 1. The summed E-state index contributed by atoms with van der Waals surface area (Å²) in [4.78, 5) is 27.7. The van der Waals surface area contributed by atoms with Crippen molar-refractivity contribution in [1.29, 1.82) is 0 Å². The molecule has 3 aliphatic heterocycles. The highest BCUT2D eigenvalue weighted by atomic mass is 16.5. The SMILES string of the molecule is Cc1ccncc1C(=O)NC[C@H]1[C@H]2CN(c3ncccn3)C[C@]23CC[C@H]1O3. The van der Waals surface area contributed by atoms with E-state index in [1.807, 2.05) is 19.1 Å². The van der Waals surface area contributed by atoms with Crippen LogP contribution in [-0.4, -0.2) is 52.2 Å². The standard InChI is InChI=1S/C20H23N5O2/c1-13-4-8-21-9-14(13)18(26)24-10-15-16-11-25(19-22-6-2-7-23-19)12-20(16)5-3-17(15)27-20/h2,4,6-9,15-17H,3,5,10-12H2,1H3,(H,24,26)/t15-,16+,17+,20+/m0/s1. The van der Waals surface area contributed by atoms with Crippen LogP contribution in [0.4, 0.5) is 5.95 Å². The summed E-state index contributed by atoms with van der Waals surface area (Å²) in [5.41, 5.74) is 1.47. The molecule has 27 heavy (non-hydrogen) atoms. The number of ether oxygens (including phenoxy) is 1. The van der Waals surface area contributed by atoms with E-state index < -0.39 is 0 Å². The number of nitrogens with zero attached hydrogens (tertiary/aromatic N) is 4. The van der Waals surface area contributed by atoms with E-state index in [-0.39, 0.29) is 17.6 Å². The molecule has 1 N–H and O–H groups in total. The second kappa shape index (κ2) is 6.27. The maximum absolute atomic E-state index is 12.6. The van der Waals surface area contributed by atoms with Gasteiger partial charge >= 0.3 is 0 Å². The highest BCUT2D eigenvalue weighted by Gasteiger charge is 2.63. The normalized spacial score (nSPS) is 31.1. The van der Waals surface area contributed by atoms with Gasteiger partial charge in [0.15, 0.2) is 0 Å². The molecule has 2 aromatic heterocycles. The van der Waals surface area contributed by atoms with Gasteiger partial charge in [-0.3, -0.25) is 9.78 Å². The van der Waals surface area contributed by atoms with Gasteiger partial charge in [0.05, 0.1) is 23.8 Å². The maximum atomic E-state index is 12.6. The molecule has 140 valence electrons. The van der Waals surface area contributed by atoms with Gasteiger partial charge in [-0.15, -0.1) is 0 Å². The van der Waals surface area contributed by atoms with Crippen LogP contribution in [0.1, 0.15) is 28.8 Å². The zero-order valence-electron chi connectivity index (χ0n) is 15.3. The maximum Gasteiger partial charge on any atom is 0.253 e. The van der Waals surface area contributed by atoms with Crippen LogP contribution in [0.25, 0.3) is 0 Å². The minimum Gasteiger partial charge on any atom is -0.369 e. The molecule has 3 fully saturated rings. The van der Waals surface area contributed by atoms with Gasteiger partial charge in [-0.2, -0.15) is 0 Å². The van der Waals surface area contributed by atoms with Crippen LogP contribution in [0.5, 0.6) is 0 Å². The van der Waals surface area contributed by atoms with E-state index in [1.165, 1.54) is 0 Å². The van der Waals surface area contributed by atoms with Crippen molar-refractivity contribution in [3.8, 4) is 0 Å². The number of anilines is 1. The van der Waals surface area contributed by atoms with Crippen LogP contribution >= 0.6 is 0 Å². The van der Waals surface area contributed by atoms with Crippen LogP contribution in [0.2, 0.25) is 0 Å². The Morgan fingerprint density at radius 2 is 2.22 bits per heavy atom. The molecule has 5 heterocycles. The second-order valence-electron chi connectivity index (χ2n) is 7.86. The summed E-state index contributed by atoms with van der Waals surface area (Å²) in [5.74, 6) is 1.43. The number of hydrogen-bond acceptors (Lipinski definition) is 6. The highest BCUT2D eigenvalue weighted by molar-refractivity contribution is 5.95. The lowest BCUT2D eigenvalue weighted by Crippen LogP contribution is -2.42. The summed E-state index contributed by atoms with van der Waals surface area (Å²) in [5, 5.41) is 3.12. The van der Waals surface area contributed by atoms with Gasteiger partial charge < -0.3 is 15.0 Å². The van der Waals surface area contributed by atoms with Crippen molar-refractivity contribution in [2.75, 3.05) is 24.5 Å². The molecule has 2 bridgehead atoms. The largest absolute Gasteiger partial charge is 0.369 e. The Bertz CT molecular complexity index is 860. The molecule has 1 spiro atoms. The molecule has 4 atom stereocenters. The zero-order valence-corrected chi connectivity index (χ0v) is 15.3. The number of nitrogens with one attached hydrogen (secondary N) is 1. The molecule has 7 nitrogen and oxygen atoms in total. The Balaban J connectivity index is 1.30. The Kier molecular flexibility index (Phi) is 3.86. The van der Waals surface area contributed by atoms with Crippen LogP contribution in [-0.2, 0) is 4.74 Å². The Labute approximate surface area is 158 Å². The molecule has 0 saturated carbocycles. The molecule has 3 saturated heterocycles. The van der Waals surface area contributed by atoms with Crippen LogP contribution in [0.3, 0.4) is 0 Å². The molecular weight excluding hydrogens is 342 g/mol. The summed E-state index contributed by atoms with van der Waals surface area (Å²) in [7, 11) is 0. The van der Waals surface area contributed by atoms with Crippen LogP contribution in [0.15, 0.2) is 36.9 Å². The number of rotatable bonds is 4. The number of pyridine rings is 1. The number of amides is 1. The van der Waals surface area contributed by atoms with Crippen molar-refractivity contribution >= 4 is 11.9 Å². The third-order valence-electron chi connectivity index (χ3n) is 6.40. The van der Waals surface area contributed by atoms with E-state index in [0.29, 0.717) is 23.9 Å². The molecule has 0 unspecified atom stereocenters. The predicted molar refractivity (Wildman–Crippen MR) is 99.4 cm³/mol. The van der Waals surface area contributed by atoms with Crippen molar-refractivity contribution in [1.82, 2.24) is 20.3 Å². The number of hydrogen-bond donors (Lipinski definition) is 1.